The summed E-state index contributed by atoms with van der Waals surface area (Å²) in [5, 5.41) is 14.9. The van der Waals surface area contributed by atoms with Gasteiger partial charge in [-0.05, 0) is 25.0 Å². The van der Waals surface area contributed by atoms with Gasteiger partial charge in [0.05, 0.1) is 16.0 Å². The highest BCUT2D eigenvalue weighted by Gasteiger charge is 2.24. The van der Waals surface area contributed by atoms with E-state index in [2.05, 4.69) is 9.82 Å². The Balaban J connectivity index is 2.54. The zero-order valence-electron chi connectivity index (χ0n) is 12.0. The van der Waals surface area contributed by atoms with Crippen LogP contribution >= 0.6 is 11.6 Å². The molecule has 1 aromatic heterocycles. The number of nitro groups is 1. The molecule has 0 atom stereocenters. The predicted octanol–water partition coefficient (Wildman–Crippen LogP) is 2.40. The number of nitrogens with one attached hydrogen (secondary N) is 1. The number of halogens is 1. The summed E-state index contributed by atoms with van der Waals surface area (Å²) in [4.78, 5) is 10.1. The molecular weight excluding hydrogens is 332 g/mol. The summed E-state index contributed by atoms with van der Waals surface area (Å²) in [6.07, 6.45) is 1.26. The van der Waals surface area contributed by atoms with E-state index in [4.69, 9.17) is 11.6 Å². The van der Waals surface area contributed by atoms with Crippen LogP contribution in [0.5, 0.6) is 0 Å². The van der Waals surface area contributed by atoms with E-state index >= 15 is 0 Å². The van der Waals surface area contributed by atoms with Crippen molar-refractivity contribution in [1.82, 2.24) is 9.78 Å². The van der Waals surface area contributed by atoms with Crippen molar-refractivity contribution in [2.45, 2.75) is 18.7 Å². The number of sulfonamides is 1. The van der Waals surface area contributed by atoms with Crippen LogP contribution in [0.3, 0.4) is 0 Å². The summed E-state index contributed by atoms with van der Waals surface area (Å²) < 4.78 is 28.6. The maximum absolute atomic E-state index is 12.5. The first kappa shape index (κ1) is 16.2. The molecule has 0 saturated carbocycles. The zero-order valence-corrected chi connectivity index (χ0v) is 13.6. The summed E-state index contributed by atoms with van der Waals surface area (Å²) >= 11 is 5.92. The number of nitrogens with zero attached hydrogens (tertiary/aromatic N) is 3. The molecule has 0 fully saturated rings. The van der Waals surface area contributed by atoms with E-state index in [-0.39, 0.29) is 21.4 Å². The number of benzene rings is 1. The molecule has 0 aliphatic carbocycles. The summed E-state index contributed by atoms with van der Waals surface area (Å²) in [6.45, 7) is 3.19. The van der Waals surface area contributed by atoms with Crippen LogP contribution in [0.15, 0.2) is 23.2 Å². The quantitative estimate of drug-likeness (QED) is 0.676. The number of hydrogen-bond acceptors (Lipinski definition) is 5. The number of rotatable bonds is 4. The molecule has 10 heteroatoms. The molecule has 0 aliphatic rings. The first-order chi connectivity index (χ1) is 10.1. The molecular formula is C12H13ClN4O4S. The molecule has 1 aromatic carbocycles. The third-order valence-electron chi connectivity index (χ3n) is 3.22. The van der Waals surface area contributed by atoms with Gasteiger partial charge in [-0.25, -0.2) is 8.42 Å². The molecule has 0 aliphatic heterocycles. The first-order valence-corrected chi connectivity index (χ1v) is 7.95. The van der Waals surface area contributed by atoms with Gasteiger partial charge in [-0.3, -0.25) is 19.5 Å². The van der Waals surface area contributed by atoms with Gasteiger partial charge >= 0.3 is 0 Å². The van der Waals surface area contributed by atoms with Gasteiger partial charge in [-0.15, -0.1) is 0 Å². The van der Waals surface area contributed by atoms with Crippen LogP contribution in [-0.2, 0) is 17.1 Å². The van der Waals surface area contributed by atoms with Crippen molar-refractivity contribution >= 4 is 33.0 Å². The molecule has 1 N–H and O–H groups in total. The highest BCUT2D eigenvalue weighted by molar-refractivity contribution is 7.92. The Bertz CT molecular complexity index is 860. The summed E-state index contributed by atoms with van der Waals surface area (Å²) in [5.41, 5.74) is 0.749. The number of hydrogen-bond donors (Lipinski definition) is 1. The van der Waals surface area contributed by atoms with E-state index in [0.717, 1.165) is 6.07 Å². The van der Waals surface area contributed by atoms with Gasteiger partial charge < -0.3 is 0 Å². The normalized spacial score (nSPS) is 11.5. The molecule has 0 radical (unpaired) electrons. The molecule has 8 nitrogen and oxygen atoms in total. The van der Waals surface area contributed by atoms with E-state index in [1.165, 1.54) is 16.9 Å². The number of nitro benzene ring substituents is 1. The topological polar surface area (TPSA) is 107 Å². The van der Waals surface area contributed by atoms with Crippen LogP contribution in [0, 0.1) is 24.0 Å². The van der Waals surface area contributed by atoms with Gasteiger partial charge in [0.15, 0.2) is 5.15 Å². The van der Waals surface area contributed by atoms with Crippen molar-refractivity contribution in [3.63, 3.8) is 0 Å². The Hall–Kier alpha value is -2.13. The van der Waals surface area contributed by atoms with Crippen LogP contribution in [0.4, 0.5) is 11.4 Å². The molecule has 22 heavy (non-hydrogen) atoms. The van der Waals surface area contributed by atoms with E-state index in [1.807, 2.05) is 0 Å². The maximum Gasteiger partial charge on any atom is 0.271 e. The minimum atomic E-state index is -4.02. The lowest BCUT2D eigenvalue weighted by molar-refractivity contribution is -0.385. The van der Waals surface area contributed by atoms with Gasteiger partial charge in [0.1, 0.15) is 5.69 Å². The lowest BCUT2D eigenvalue weighted by atomic mass is 10.1. The molecule has 1 heterocycles. The third kappa shape index (κ3) is 2.90. The monoisotopic (exact) mass is 344 g/mol. The standard InChI is InChI=1S/C12H13ClN4O4S/c1-7-4-9(17(18)19)5-11(8(7)2)22(20,21)15-10-6-14-16(3)12(10)13/h4-6,15H,1-3H3. The Labute approximate surface area is 131 Å². The second-order valence-electron chi connectivity index (χ2n) is 4.72. The van der Waals surface area contributed by atoms with Crippen molar-refractivity contribution in [3.05, 3.63) is 44.7 Å². The van der Waals surface area contributed by atoms with Crippen LogP contribution in [0.1, 0.15) is 11.1 Å². The molecule has 0 amide bonds. The van der Waals surface area contributed by atoms with Crippen LogP contribution in [-0.4, -0.2) is 23.1 Å². The largest absolute Gasteiger partial charge is 0.275 e. The number of anilines is 1. The van der Waals surface area contributed by atoms with Crippen molar-refractivity contribution in [1.29, 1.82) is 0 Å². The van der Waals surface area contributed by atoms with Crippen LogP contribution < -0.4 is 4.72 Å². The predicted molar refractivity (Wildman–Crippen MR) is 81.6 cm³/mol. The minimum Gasteiger partial charge on any atom is -0.275 e. The smallest absolute Gasteiger partial charge is 0.271 e. The minimum absolute atomic E-state index is 0.104. The molecule has 118 valence electrons. The van der Waals surface area contributed by atoms with Crippen molar-refractivity contribution in [3.8, 4) is 0 Å². The fourth-order valence-corrected chi connectivity index (χ4v) is 3.47. The third-order valence-corrected chi connectivity index (χ3v) is 5.16. The Morgan fingerprint density at radius 2 is 2.00 bits per heavy atom. The lowest BCUT2D eigenvalue weighted by Crippen LogP contribution is -2.15. The molecule has 0 saturated heterocycles. The summed E-state index contributed by atoms with van der Waals surface area (Å²) in [5.74, 6) is 0. The summed E-state index contributed by atoms with van der Waals surface area (Å²) in [6, 6.07) is 2.35. The fourth-order valence-electron chi connectivity index (χ4n) is 1.88. The second-order valence-corrected chi connectivity index (χ2v) is 6.73. The SMILES string of the molecule is Cc1cc([N+](=O)[O-])cc(S(=O)(=O)Nc2cnn(C)c2Cl)c1C. The Kier molecular flexibility index (Phi) is 4.12. The highest BCUT2D eigenvalue weighted by atomic mass is 35.5. The van der Waals surface area contributed by atoms with E-state index in [0.29, 0.717) is 11.1 Å². The van der Waals surface area contributed by atoms with Gasteiger partial charge in [0, 0.05) is 19.2 Å². The highest BCUT2D eigenvalue weighted by Crippen LogP contribution is 2.28. The van der Waals surface area contributed by atoms with E-state index in [1.54, 1.807) is 20.9 Å². The molecule has 0 spiro atoms. The number of aryl methyl sites for hydroxylation is 2. The van der Waals surface area contributed by atoms with Gasteiger partial charge in [-0.2, -0.15) is 5.10 Å². The van der Waals surface area contributed by atoms with Crippen molar-refractivity contribution in [2.24, 2.45) is 7.05 Å². The van der Waals surface area contributed by atoms with Crippen molar-refractivity contribution < 1.29 is 13.3 Å². The molecule has 0 unspecified atom stereocenters. The van der Waals surface area contributed by atoms with E-state index < -0.39 is 14.9 Å². The summed E-state index contributed by atoms with van der Waals surface area (Å²) in [7, 11) is -2.47. The fraction of sp³-hybridized carbons (Fsp3) is 0.250. The van der Waals surface area contributed by atoms with Crippen LogP contribution in [0.25, 0.3) is 0 Å². The lowest BCUT2D eigenvalue weighted by Gasteiger charge is -2.11. The zero-order chi connectivity index (χ0) is 16.7. The Morgan fingerprint density at radius 1 is 1.36 bits per heavy atom. The van der Waals surface area contributed by atoms with Gasteiger partial charge in [0.25, 0.3) is 15.7 Å². The molecule has 0 bridgehead atoms. The number of aromatic nitrogens is 2. The van der Waals surface area contributed by atoms with E-state index in [9.17, 15) is 18.5 Å². The average Bonchev–Trinajstić information content (AvgIpc) is 2.72. The van der Waals surface area contributed by atoms with Gasteiger partial charge in [-0.1, -0.05) is 11.6 Å². The maximum atomic E-state index is 12.5. The second kappa shape index (κ2) is 5.58. The van der Waals surface area contributed by atoms with Crippen molar-refractivity contribution in [2.75, 3.05) is 4.72 Å². The Morgan fingerprint density at radius 3 is 2.50 bits per heavy atom. The number of non-ortho nitro benzene ring substituents is 1. The van der Waals surface area contributed by atoms with Gasteiger partial charge in [0.2, 0.25) is 0 Å². The molecule has 2 aromatic rings. The molecule has 2 rings (SSSR count). The first-order valence-electron chi connectivity index (χ1n) is 6.09. The van der Waals surface area contributed by atoms with Crippen LogP contribution in [0.2, 0.25) is 5.15 Å². The average molecular weight is 345 g/mol.